The van der Waals surface area contributed by atoms with Crippen molar-refractivity contribution in [1.82, 2.24) is 15.0 Å². The highest BCUT2D eigenvalue weighted by Crippen LogP contribution is 2.42. The molecule has 9 rings (SSSR count). The minimum atomic E-state index is 0.0182. The molecule has 2 aromatic heterocycles. The average Bonchev–Trinajstić information content (AvgIpc) is 3.59. The lowest BCUT2D eigenvalue weighted by Crippen LogP contribution is -2.38. The second-order valence-corrected chi connectivity index (χ2v) is 13.8. The Morgan fingerprint density at radius 2 is 1.45 bits per heavy atom. The molecule has 5 aromatic carbocycles. The first-order chi connectivity index (χ1) is 27.2. The summed E-state index contributed by atoms with van der Waals surface area (Å²) in [5.74, 6) is 0.738. The van der Waals surface area contributed by atoms with E-state index in [1.807, 2.05) is 18.5 Å². The SMILES string of the molecule is C/C(=C\C=C\N(C1C=CC(c2cccnc2)=CC1)n1c2ccc(-c3ccccc3)cc2c2cc(-c3ccccc3)cc(-c3ccccc3)c21)C1=NCNC=N1. The molecule has 3 heterocycles. The summed E-state index contributed by atoms with van der Waals surface area (Å²) in [5, 5.41) is 7.84. The molecule has 6 heteroatoms. The lowest BCUT2D eigenvalue weighted by molar-refractivity contribution is 0.634. The van der Waals surface area contributed by atoms with Crippen LogP contribution < -0.4 is 10.3 Å². The Labute approximate surface area is 321 Å². The van der Waals surface area contributed by atoms with E-state index in [-0.39, 0.29) is 6.04 Å². The molecule has 1 aliphatic carbocycles. The summed E-state index contributed by atoms with van der Waals surface area (Å²) in [6.07, 6.45) is 19.6. The zero-order chi connectivity index (χ0) is 37.0. The van der Waals surface area contributed by atoms with Crippen LogP contribution in [0, 0.1) is 0 Å². The summed E-state index contributed by atoms with van der Waals surface area (Å²) in [6, 6.07) is 47.9. The molecule has 0 bridgehead atoms. The number of aliphatic imine (C=N–C) groups is 2. The van der Waals surface area contributed by atoms with E-state index in [2.05, 4.69) is 201 Å². The van der Waals surface area contributed by atoms with Crippen molar-refractivity contribution in [3.8, 4) is 33.4 Å². The van der Waals surface area contributed by atoms with Gasteiger partial charge < -0.3 is 5.32 Å². The van der Waals surface area contributed by atoms with Gasteiger partial charge in [-0.3, -0.25) is 14.7 Å². The smallest absolute Gasteiger partial charge is 0.153 e. The quantitative estimate of drug-likeness (QED) is 0.152. The van der Waals surface area contributed by atoms with Gasteiger partial charge >= 0.3 is 0 Å². The zero-order valence-electron chi connectivity index (χ0n) is 30.6. The van der Waals surface area contributed by atoms with Crippen molar-refractivity contribution < 1.29 is 0 Å². The van der Waals surface area contributed by atoms with E-state index >= 15 is 0 Å². The summed E-state index contributed by atoms with van der Waals surface area (Å²) in [5.41, 5.74) is 12.7. The summed E-state index contributed by atoms with van der Waals surface area (Å²) in [6.45, 7) is 2.58. The molecule has 6 nitrogen and oxygen atoms in total. The van der Waals surface area contributed by atoms with Gasteiger partial charge in [0.05, 0.1) is 23.4 Å². The highest BCUT2D eigenvalue weighted by atomic mass is 15.6. The third-order valence-electron chi connectivity index (χ3n) is 10.3. The standard InChI is InChI=1S/C49H40N6/c1-35(49-52-33-51-34-53-49)13-12-28-54(43-24-21-38(22-25-43)41-20-11-27-50-32-41)55-47-26-23-40(36-14-5-2-6-15-36)29-45(47)46-31-42(37-16-7-3-8-17-37)30-44(48(46)55)39-18-9-4-10-19-39/h2-24,26-33,43H,25,34H2,1H3,(H,51,52,53)/b28-12+,35-13+. The molecule has 7 aromatic rings. The maximum absolute atomic E-state index is 4.56. The maximum atomic E-state index is 4.56. The van der Waals surface area contributed by atoms with Crippen LogP contribution in [0.1, 0.15) is 18.9 Å². The first-order valence-corrected chi connectivity index (χ1v) is 18.7. The minimum absolute atomic E-state index is 0.0182. The molecule has 1 aliphatic heterocycles. The number of aromatic nitrogens is 2. The molecule has 55 heavy (non-hydrogen) atoms. The van der Waals surface area contributed by atoms with Crippen molar-refractivity contribution in [2.45, 2.75) is 19.4 Å². The molecule has 0 amide bonds. The van der Waals surface area contributed by atoms with Crippen LogP contribution >= 0.6 is 0 Å². The minimum Gasteiger partial charge on any atom is -0.357 e. The fourth-order valence-corrected chi connectivity index (χ4v) is 7.57. The Hall–Kier alpha value is -7.05. The molecule has 266 valence electrons. The molecule has 0 radical (unpaired) electrons. The lowest BCUT2D eigenvalue weighted by Gasteiger charge is -2.33. The van der Waals surface area contributed by atoms with Gasteiger partial charge in [0.25, 0.3) is 0 Å². The number of hydrogen-bond acceptors (Lipinski definition) is 5. The number of hydrogen-bond donors (Lipinski definition) is 1. The highest BCUT2D eigenvalue weighted by Gasteiger charge is 2.25. The van der Waals surface area contributed by atoms with Crippen molar-refractivity contribution >= 4 is 39.6 Å². The van der Waals surface area contributed by atoms with Crippen molar-refractivity contribution in [3.05, 3.63) is 194 Å². The average molecular weight is 713 g/mol. The van der Waals surface area contributed by atoms with E-state index in [0.29, 0.717) is 6.67 Å². The number of rotatable bonds is 9. The van der Waals surface area contributed by atoms with E-state index < -0.39 is 0 Å². The number of nitrogens with zero attached hydrogens (tertiary/aromatic N) is 5. The van der Waals surface area contributed by atoms with Gasteiger partial charge in [-0.15, -0.1) is 0 Å². The van der Waals surface area contributed by atoms with Crippen LogP contribution in [0.5, 0.6) is 0 Å². The van der Waals surface area contributed by atoms with Crippen molar-refractivity contribution in [2.24, 2.45) is 9.98 Å². The number of amidine groups is 1. The number of benzene rings is 5. The molecule has 0 fully saturated rings. The second kappa shape index (κ2) is 15.1. The molecular weight excluding hydrogens is 673 g/mol. The predicted molar refractivity (Wildman–Crippen MR) is 231 cm³/mol. The molecule has 1 unspecified atom stereocenters. The Bertz CT molecular complexity index is 2670. The van der Waals surface area contributed by atoms with Gasteiger partial charge in [-0.25, -0.2) is 9.98 Å². The van der Waals surface area contributed by atoms with Gasteiger partial charge in [-0.05, 0) is 94.3 Å². The Kier molecular flexibility index (Phi) is 9.29. The van der Waals surface area contributed by atoms with Crippen LogP contribution in [0.3, 0.4) is 0 Å². The number of nitrogens with one attached hydrogen (secondary N) is 1. The van der Waals surface area contributed by atoms with Crippen molar-refractivity contribution in [2.75, 3.05) is 11.7 Å². The molecule has 0 spiro atoms. The molecule has 2 aliphatic rings. The summed E-state index contributed by atoms with van der Waals surface area (Å²) >= 11 is 0. The van der Waals surface area contributed by atoms with Crippen molar-refractivity contribution in [1.29, 1.82) is 0 Å². The van der Waals surface area contributed by atoms with Gasteiger partial charge in [0.1, 0.15) is 6.67 Å². The van der Waals surface area contributed by atoms with E-state index in [1.54, 1.807) is 6.34 Å². The summed E-state index contributed by atoms with van der Waals surface area (Å²) < 4.78 is 2.44. The number of pyridine rings is 1. The number of fused-ring (bicyclic) bond motifs is 3. The summed E-state index contributed by atoms with van der Waals surface area (Å²) in [4.78, 5) is 13.4. The van der Waals surface area contributed by atoms with Gasteiger partial charge in [0.15, 0.2) is 5.84 Å². The monoisotopic (exact) mass is 712 g/mol. The Morgan fingerprint density at radius 1 is 0.745 bits per heavy atom. The second-order valence-electron chi connectivity index (χ2n) is 13.8. The Balaban J connectivity index is 1.30. The molecule has 0 saturated heterocycles. The van der Waals surface area contributed by atoms with Crippen molar-refractivity contribution in [3.63, 3.8) is 0 Å². The molecular formula is C49H40N6. The Morgan fingerprint density at radius 3 is 2.13 bits per heavy atom. The van der Waals surface area contributed by atoms with Gasteiger partial charge in [0.2, 0.25) is 0 Å². The zero-order valence-corrected chi connectivity index (χ0v) is 30.6. The topological polar surface area (TPSA) is 57.8 Å². The fraction of sp³-hybridized carbons (Fsp3) is 0.0816. The van der Waals surface area contributed by atoms with Crippen LogP contribution in [0.2, 0.25) is 0 Å². The van der Waals surface area contributed by atoms with Crippen LogP contribution in [0.15, 0.2) is 198 Å². The van der Waals surface area contributed by atoms with Gasteiger partial charge in [0, 0.05) is 34.9 Å². The lowest BCUT2D eigenvalue weighted by atomic mass is 9.95. The van der Waals surface area contributed by atoms with Crippen LogP contribution in [-0.4, -0.2) is 34.5 Å². The van der Waals surface area contributed by atoms with Gasteiger partial charge in [-0.2, -0.15) is 0 Å². The van der Waals surface area contributed by atoms with Crippen LogP contribution in [-0.2, 0) is 0 Å². The molecule has 1 N–H and O–H groups in total. The summed E-state index contributed by atoms with van der Waals surface area (Å²) in [7, 11) is 0. The van der Waals surface area contributed by atoms with E-state index in [4.69, 9.17) is 0 Å². The first kappa shape index (κ1) is 33.8. The molecule has 0 saturated carbocycles. The maximum Gasteiger partial charge on any atom is 0.153 e. The largest absolute Gasteiger partial charge is 0.357 e. The third-order valence-corrected chi connectivity index (χ3v) is 10.3. The fourth-order valence-electron chi connectivity index (χ4n) is 7.57. The predicted octanol–water partition coefficient (Wildman–Crippen LogP) is 11.0. The normalized spacial score (nSPS) is 15.7. The van der Waals surface area contributed by atoms with E-state index in [1.165, 1.54) is 44.2 Å². The van der Waals surface area contributed by atoms with Crippen LogP contribution in [0.25, 0.3) is 60.8 Å². The van der Waals surface area contributed by atoms with E-state index in [9.17, 15) is 0 Å². The number of allylic oxidation sites excluding steroid dienone is 4. The van der Waals surface area contributed by atoms with Crippen LogP contribution in [0.4, 0.5) is 0 Å². The van der Waals surface area contributed by atoms with Gasteiger partial charge in [-0.1, -0.05) is 127 Å². The third kappa shape index (κ3) is 6.82. The van der Waals surface area contributed by atoms with E-state index in [0.717, 1.165) is 40.0 Å². The molecule has 1 atom stereocenters. The highest BCUT2D eigenvalue weighted by molar-refractivity contribution is 6.15. The first-order valence-electron chi connectivity index (χ1n) is 18.7.